The molecule has 0 heterocycles. The largest absolute Gasteiger partial charge is 0.456 e. The summed E-state index contributed by atoms with van der Waals surface area (Å²) in [7, 11) is -3.67. The highest BCUT2D eigenvalue weighted by Gasteiger charge is 2.28. The third-order valence-corrected chi connectivity index (χ3v) is 6.85. The molecule has 1 saturated carbocycles. The SMILES string of the molecule is Cc1ccc(S(=O)(=O)NCCC(=O)OCC(=O)N[C@@H]2CCC[C@@H](C)[C@@H]2C)cc1. The molecule has 8 heteroatoms. The number of benzene rings is 1. The maximum Gasteiger partial charge on any atom is 0.307 e. The van der Waals surface area contributed by atoms with E-state index in [-0.39, 0.29) is 36.4 Å². The van der Waals surface area contributed by atoms with Gasteiger partial charge >= 0.3 is 5.97 Å². The van der Waals surface area contributed by atoms with Crippen LogP contribution in [0.2, 0.25) is 0 Å². The second-order valence-electron chi connectivity index (χ2n) is 7.56. The van der Waals surface area contributed by atoms with Crippen molar-refractivity contribution in [3.05, 3.63) is 29.8 Å². The molecule has 0 saturated heterocycles. The summed E-state index contributed by atoms with van der Waals surface area (Å²) < 4.78 is 31.6. The molecule has 7 nitrogen and oxygen atoms in total. The summed E-state index contributed by atoms with van der Waals surface area (Å²) in [4.78, 5) is 23.9. The predicted octanol–water partition coefficient (Wildman–Crippen LogP) is 2.15. The minimum atomic E-state index is -3.67. The first kappa shape index (κ1) is 22.4. The molecular formula is C20H30N2O5S. The summed E-state index contributed by atoms with van der Waals surface area (Å²) in [6.07, 6.45) is 3.04. The average molecular weight is 411 g/mol. The van der Waals surface area contributed by atoms with Gasteiger partial charge in [0.15, 0.2) is 6.61 Å². The molecule has 0 radical (unpaired) electrons. The van der Waals surface area contributed by atoms with Crippen molar-refractivity contribution in [2.24, 2.45) is 11.8 Å². The number of ether oxygens (including phenoxy) is 1. The van der Waals surface area contributed by atoms with Gasteiger partial charge in [-0.1, -0.05) is 44.4 Å². The molecule has 1 amide bonds. The molecule has 2 N–H and O–H groups in total. The maximum atomic E-state index is 12.1. The second-order valence-corrected chi connectivity index (χ2v) is 9.33. The molecule has 0 aromatic heterocycles. The minimum Gasteiger partial charge on any atom is -0.456 e. The minimum absolute atomic E-state index is 0.0894. The third-order valence-electron chi connectivity index (χ3n) is 5.37. The number of esters is 1. The number of carbonyl (C=O) groups is 2. The first-order chi connectivity index (χ1) is 13.2. The molecule has 1 aromatic carbocycles. The summed E-state index contributed by atoms with van der Waals surface area (Å²) in [5, 5.41) is 2.93. The number of sulfonamides is 1. The second kappa shape index (κ2) is 10.0. The lowest BCUT2D eigenvalue weighted by atomic mass is 9.78. The topological polar surface area (TPSA) is 102 Å². The number of rotatable bonds is 8. The molecule has 2 rings (SSSR count). The highest BCUT2D eigenvalue weighted by molar-refractivity contribution is 7.89. The lowest BCUT2D eigenvalue weighted by Crippen LogP contribution is -2.45. The molecule has 1 aromatic rings. The molecule has 1 fully saturated rings. The van der Waals surface area contributed by atoms with E-state index >= 15 is 0 Å². The molecule has 1 aliphatic carbocycles. The van der Waals surface area contributed by atoms with Crippen LogP contribution in [0.4, 0.5) is 0 Å². The van der Waals surface area contributed by atoms with Gasteiger partial charge in [0.05, 0.1) is 11.3 Å². The van der Waals surface area contributed by atoms with Gasteiger partial charge in [-0.2, -0.15) is 0 Å². The van der Waals surface area contributed by atoms with Gasteiger partial charge in [-0.15, -0.1) is 0 Å². The Morgan fingerprint density at radius 2 is 1.82 bits per heavy atom. The van der Waals surface area contributed by atoms with E-state index in [4.69, 9.17) is 4.74 Å². The lowest BCUT2D eigenvalue weighted by Gasteiger charge is -2.34. The zero-order valence-corrected chi connectivity index (χ0v) is 17.6. The Labute approximate surface area is 167 Å². The fourth-order valence-electron chi connectivity index (χ4n) is 3.34. The Morgan fingerprint density at radius 3 is 2.50 bits per heavy atom. The summed E-state index contributed by atoms with van der Waals surface area (Å²) >= 11 is 0. The normalized spacial score (nSPS) is 22.5. The molecule has 156 valence electrons. The summed E-state index contributed by atoms with van der Waals surface area (Å²) in [5.41, 5.74) is 0.956. The van der Waals surface area contributed by atoms with Gasteiger partial charge in [-0.3, -0.25) is 9.59 Å². The van der Waals surface area contributed by atoms with Crippen LogP contribution < -0.4 is 10.0 Å². The van der Waals surface area contributed by atoms with Crippen LogP contribution in [-0.4, -0.2) is 39.5 Å². The quantitative estimate of drug-likeness (QED) is 0.640. The van der Waals surface area contributed by atoms with Crippen LogP contribution >= 0.6 is 0 Å². The lowest BCUT2D eigenvalue weighted by molar-refractivity contribution is -0.148. The Bertz CT molecular complexity index is 776. The van der Waals surface area contributed by atoms with E-state index in [0.717, 1.165) is 18.4 Å². The van der Waals surface area contributed by atoms with Gasteiger partial charge in [0, 0.05) is 12.6 Å². The number of amides is 1. The van der Waals surface area contributed by atoms with Gasteiger partial charge in [-0.25, -0.2) is 13.1 Å². The molecule has 3 atom stereocenters. The summed E-state index contributed by atoms with van der Waals surface area (Å²) in [6.45, 7) is 5.74. The summed E-state index contributed by atoms with van der Waals surface area (Å²) in [6, 6.07) is 6.53. The first-order valence-electron chi connectivity index (χ1n) is 9.70. The van der Waals surface area contributed by atoms with Gasteiger partial charge in [0.1, 0.15) is 0 Å². The van der Waals surface area contributed by atoms with Crippen molar-refractivity contribution in [3.8, 4) is 0 Å². The standard InChI is InChI=1S/C20H30N2O5S/c1-14-7-9-17(10-8-14)28(25,26)21-12-11-20(24)27-13-19(23)22-18-6-4-5-15(2)16(18)3/h7-10,15-16,18,21H,4-6,11-13H2,1-3H3,(H,22,23)/t15-,16+,18-/m1/s1. The van der Waals surface area contributed by atoms with Crippen molar-refractivity contribution < 1.29 is 22.7 Å². The van der Waals surface area contributed by atoms with Crippen molar-refractivity contribution in [1.29, 1.82) is 0 Å². The van der Waals surface area contributed by atoms with Crippen LogP contribution in [0.3, 0.4) is 0 Å². The molecule has 0 bridgehead atoms. The monoisotopic (exact) mass is 410 g/mol. The Morgan fingerprint density at radius 1 is 1.14 bits per heavy atom. The summed E-state index contributed by atoms with van der Waals surface area (Å²) in [5.74, 6) is 0.0130. The van der Waals surface area contributed by atoms with E-state index in [1.54, 1.807) is 12.1 Å². The fraction of sp³-hybridized carbons (Fsp3) is 0.600. The van der Waals surface area contributed by atoms with Crippen LogP contribution in [0, 0.1) is 18.8 Å². The van der Waals surface area contributed by atoms with E-state index in [1.807, 2.05) is 6.92 Å². The smallest absolute Gasteiger partial charge is 0.307 e. The molecule has 1 aliphatic rings. The number of carbonyl (C=O) groups excluding carboxylic acids is 2. The fourth-order valence-corrected chi connectivity index (χ4v) is 4.37. The molecule has 28 heavy (non-hydrogen) atoms. The van der Waals surface area contributed by atoms with E-state index in [1.165, 1.54) is 18.6 Å². The van der Waals surface area contributed by atoms with Crippen molar-refractivity contribution in [1.82, 2.24) is 10.0 Å². The van der Waals surface area contributed by atoms with Crippen LogP contribution in [0.5, 0.6) is 0 Å². The number of nitrogens with one attached hydrogen (secondary N) is 2. The predicted molar refractivity (Wildman–Crippen MR) is 106 cm³/mol. The van der Waals surface area contributed by atoms with E-state index < -0.39 is 16.0 Å². The zero-order chi connectivity index (χ0) is 20.7. The van der Waals surface area contributed by atoms with E-state index in [9.17, 15) is 18.0 Å². The maximum absolute atomic E-state index is 12.1. The highest BCUT2D eigenvalue weighted by Crippen LogP contribution is 2.29. The van der Waals surface area contributed by atoms with Crippen LogP contribution in [0.25, 0.3) is 0 Å². The molecular weight excluding hydrogens is 380 g/mol. The Kier molecular flexibility index (Phi) is 8.00. The van der Waals surface area contributed by atoms with Crippen molar-refractivity contribution in [3.63, 3.8) is 0 Å². The Balaban J connectivity index is 1.69. The molecule has 0 aliphatic heterocycles. The number of aryl methyl sites for hydroxylation is 1. The van der Waals surface area contributed by atoms with Gasteiger partial charge in [-0.05, 0) is 37.3 Å². The van der Waals surface area contributed by atoms with Crippen molar-refractivity contribution in [2.75, 3.05) is 13.2 Å². The number of hydrogen-bond donors (Lipinski definition) is 2. The third kappa shape index (κ3) is 6.60. The van der Waals surface area contributed by atoms with Gasteiger partial charge < -0.3 is 10.1 Å². The highest BCUT2D eigenvalue weighted by atomic mass is 32.2. The van der Waals surface area contributed by atoms with Gasteiger partial charge in [0.2, 0.25) is 10.0 Å². The van der Waals surface area contributed by atoms with Crippen LogP contribution in [0.1, 0.15) is 45.1 Å². The van der Waals surface area contributed by atoms with Gasteiger partial charge in [0.25, 0.3) is 5.91 Å². The zero-order valence-electron chi connectivity index (χ0n) is 16.7. The van der Waals surface area contributed by atoms with E-state index in [0.29, 0.717) is 11.8 Å². The Hall–Kier alpha value is -1.93. The molecule has 0 unspecified atom stereocenters. The molecule has 0 spiro atoms. The van der Waals surface area contributed by atoms with Crippen molar-refractivity contribution >= 4 is 21.9 Å². The average Bonchev–Trinajstić information content (AvgIpc) is 2.64. The first-order valence-corrected chi connectivity index (χ1v) is 11.2. The van der Waals surface area contributed by atoms with Crippen molar-refractivity contribution in [2.45, 2.75) is 57.4 Å². The van der Waals surface area contributed by atoms with Crippen LogP contribution in [0.15, 0.2) is 29.2 Å². The van der Waals surface area contributed by atoms with E-state index in [2.05, 4.69) is 23.9 Å². The van der Waals surface area contributed by atoms with Crippen LogP contribution in [-0.2, 0) is 24.3 Å². The number of hydrogen-bond acceptors (Lipinski definition) is 5.